The summed E-state index contributed by atoms with van der Waals surface area (Å²) >= 11 is 0. The molecule has 3 rings (SSSR count). The zero-order valence-corrected chi connectivity index (χ0v) is 13.2. The van der Waals surface area contributed by atoms with Crippen molar-refractivity contribution in [3.63, 3.8) is 0 Å². The molecule has 0 fully saturated rings. The number of rotatable bonds is 4. The number of carbonyl (C=O) groups excluding carboxylic acids is 2. The second-order valence-corrected chi connectivity index (χ2v) is 5.58. The quantitative estimate of drug-likeness (QED) is 0.682. The molecule has 1 heterocycles. The first kappa shape index (κ1) is 16.4. The standard InChI is InChI=1S/C18H14N2O5/c1-11(21)15-16(12-6-5-9-14(10-12)20(24)25)19(18(23)17(15)22)13-7-3-2-4-8-13/h2-10,16,22H,1H3/t16-/m1/s1. The van der Waals surface area contributed by atoms with E-state index in [0.717, 1.165) is 0 Å². The maximum absolute atomic E-state index is 12.6. The van der Waals surface area contributed by atoms with Crippen molar-refractivity contribution in [1.29, 1.82) is 0 Å². The van der Waals surface area contributed by atoms with Crippen LogP contribution in [0, 0.1) is 10.1 Å². The molecule has 0 radical (unpaired) electrons. The minimum atomic E-state index is -0.924. The Balaban J connectivity index is 2.20. The first-order valence-corrected chi connectivity index (χ1v) is 7.49. The van der Waals surface area contributed by atoms with E-state index in [1.165, 1.54) is 30.0 Å². The molecule has 0 unspecified atom stereocenters. The topological polar surface area (TPSA) is 101 Å². The van der Waals surface area contributed by atoms with Crippen molar-refractivity contribution in [3.05, 3.63) is 81.6 Å². The van der Waals surface area contributed by atoms with Gasteiger partial charge in [0.1, 0.15) is 0 Å². The van der Waals surface area contributed by atoms with Gasteiger partial charge in [-0.15, -0.1) is 0 Å². The van der Waals surface area contributed by atoms with Gasteiger partial charge in [-0.1, -0.05) is 30.3 Å². The van der Waals surface area contributed by atoms with E-state index in [2.05, 4.69) is 0 Å². The number of hydrogen-bond donors (Lipinski definition) is 1. The van der Waals surface area contributed by atoms with Crippen LogP contribution in [0.1, 0.15) is 18.5 Å². The van der Waals surface area contributed by atoms with E-state index in [1.54, 1.807) is 36.4 Å². The third-order valence-corrected chi connectivity index (χ3v) is 4.02. The summed E-state index contributed by atoms with van der Waals surface area (Å²) in [5.41, 5.74) is 0.620. The third-order valence-electron chi connectivity index (χ3n) is 4.02. The van der Waals surface area contributed by atoms with Crippen molar-refractivity contribution in [2.24, 2.45) is 0 Å². The highest BCUT2D eigenvalue weighted by Crippen LogP contribution is 2.41. The molecule has 0 aromatic heterocycles. The SMILES string of the molecule is CC(=O)C1=C(O)C(=O)N(c2ccccc2)[C@@H]1c1cccc([N+](=O)[O-])c1. The zero-order chi connectivity index (χ0) is 18.1. The summed E-state index contributed by atoms with van der Waals surface area (Å²) in [7, 11) is 0. The third kappa shape index (κ3) is 2.76. The number of nitro benzene ring substituents is 1. The number of hydrogen-bond acceptors (Lipinski definition) is 5. The van der Waals surface area contributed by atoms with Gasteiger partial charge in [0, 0.05) is 17.8 Å². The number of aliphatic hydroxyl groups is 1. The van der Waals surface area contributed by atoms with Crippen molar-refractivity contribution in [3.8, 4) is 0 Å². The number of nitrogens with zero attached hydrogens (tertiary/aromatic N) is 2. The number of para-hydroxylation sites is 1. The molecule has 1 aliphatic rings. The highest BCUT2D eigenvalue weighted by atomic mass is 16.6. The van der Waals surface area contributed by atoms with Gasteiger partial charge in [0.25, 0.3) is 11.6 Å². The largest absolute Gasteiger partial charge is 0.503 e. The lowest BCUT2D eigenvalue weighted by Crippen LogP contribution is -2.30. The van der Waals surface area contributed by atoms with Crippen LogP contribution in [-0.2, 0) is 9.59 Å². The summed E-state index contributed by atoms with van der Waals surface area (Å²) in [6, 6.07) is 13.3. The number of anilines is 1. The lowest BCUT2D eigenvalue weighted by molar-refractivity contribution is -0.384. The van der Waals surface area contributed by atoms with Gasteiger partial charge >= 0.3 is 0 Å². The average Bonchev–Trinajstić information content (AvgIpc) is 2.87. The molecule has 1 atom stereocenters. The second kappa shape index (κ2) is 6.20. The number of amides is 1. The van der Waals surface area contributed by atoms with Gasteiger partial charge in [0.2, 0.25) is 0 Å². The van der Waals surface area contributed by atoms with Crippen LogP contribution >= 0.6 is 0 Å². The monoisotopic (exact) mass is 338 g/mol. The molecule has 1 amide bonds. The van der Waals surface area contributed by atoms with Crippen LogP contribution in [0.4, 0.5) is 11.4 Å². The van der Waals surface area contributed by atoms with Gasteiger partial charge in [0.05, 0.1) is 16.5 Å². The summed E-state index contributed by atoms with van der Waals surface area (Å²) in [4.78, 5) is 36.4. The number of aliphatic hydroxyl groups excluding tert-OH is 1. The molecule has 2 aromatic rings. The van der Waals surface area contributed by atoms with Crippen molar-refractivity contribution in [2.45, 2.75) is 13.0 Å². The smallest absolute Gasteiger partial charge is 0.294 e. The molecular formula is C18H14N2O5. The minimum absolute atomic E-state index is 0.0747. The molecule has 0 bridgehead atoms. The van der Waals surface area contributed by atoms with E-state index in [9.17, 15) is 24.8 Å². The van der Waals surface area contributed by atoms with Crippen LogP contribution in [0.5, 0.6) is 0 Å². The second-order valence-electron chi connectivity index (χ2n) is 5.58. The van der Waals surface area contributed by atoms with Gasteiger partial charge in [0.15, 0.2) is 11.5 Å². The average molecular weight is 338 g/mol. The highest BCUT2D eigenvalue weighted by Gasteiger charge is 2.43. The molecule has 0 aliphatic carbocycles. The highest BCUT2D eigenvalue weighted by molar-refractivity contribution is 6.16. The van der Waals surface area contributed by atoms with E-state index in [0.29, 0.717) is 11.3 Å². The minimum Gasteiger partial charge on any atom is -0.503 e. The van der Waals surface area contributed by atoms with Crippen LogP contribution in [0.3, 0.4) is 0 Å². The molecule has 7 nitrogen and oxygen atoms in total. The van der Waals surface area contributed by atoms with Gasteiger partial charge in [-0.05, 0) is 24.6 Å². The van der Waals surface area contributed by atoms with Crippen LogP contribution < -0.4 is 4.90 Å². The fraction of sp³-hybridized carbons (Fsp3) is 0.111. The maximum Gasteiger partial charge on any atom is 0.294 e. The molecule has 7 heteroatoms. The van der Waals surface area contributed by atoms with E-state index >= 15 is 0 Å². The van der Waals surface area contributed by atoms with Crippen molar-refractivity contribution in [2.75, 3.05) is 4.90 Å². The number of ketones is 1. The fourth-order valence-electron chi connectivity index (χ4n) is 2.94. The molecular weight excluding hydrogens is 324 g/mol. The molecule has 0 saturated heterocycles. The molecule has 25 heavy (non-hydrogen) atoms. The molecule has 1 aliphatic heterocycles. The lowest BCUT2D eigenvalue weighted by Gasteiger charge is -2.26. The first-order chi connectivity index (χ1) is 11.9. The number of nitro groups is 1. The Labute approximate surface area is 143 Å². The van der Waals surface area contributed by atoms with E-state index < -0.39 is 28.4 Å². The molecule has 126 valence electrons. The molecule has 0 spiro atoms. The predicted octanol–water partition coefficient (Wildman–Crippen LogP) is 3.08. The van der Waals surface area contributed by atoms with Gasteiger partial charge in [-0.2, -0.15) is 0 Å². The Morgan fingerprint density at radius 2 is 1.84 bits per heavy atom. The van der Waals surface area contributed by atoms with Crippen LogP contribution in [-0.4, -0.2) is 21.7 Å². The summed E-state index contributed by atoms with van der Waals surface area (Å²) < 4.78 is 0. The number of carbonyl (C=O) groups is 2. The zero-order valence-electron chi connectivity index (χ0n) is 13.2. The van der Waals surface area contributed by atoms with Gasteiger partial charge in [-0.25, -0.2) is 0 Å². The lowest BCUT2D eigenvalue weighted by atomic mass is 9.96. The van der Waals surface area contributed by atoms with Gasteiger partial charge in [-0.3, -0.25) is 24.6 Å². The normalized spacial score (nSPS) is 17.1. The Hall–Kier alpha value is -3.48. The summed E-state index contributed by atoms with van der Waals surface area (Å²) in [5, 5.41) is 21.3. The Bertz CT molecular complexity index is 905. The van der Waals surface area contributed by atoms with Crippen LogP contribution in [0.15, 0.2) is 65.9 Å². The van der Waals surface area contributed by atoms with E-state index in [-0.39, 0.29) is 11.3 Å². The van der Waals surface area contributed by atoms with Gasteiger partial charge < -0.3 is 5.11 Å². The van der Waals surface area contributed by atoms with Crippen LogP contribution in [0.2, 0.25) is 0 Å². The number of benzene rings is 2. The summed E-state index contributed by atoms with van der Waals surface area (Å²) in [6.07, 6.45) is 0. The summed E-state index contributed by atoms with van der Waals surface area (Å²) in [6.45, 7) is 1.25. The molecule has 1 N–H and O–H groups in total. The Kier molecular flexibility index (Phi) is 4.06. The fourth-order valence-corrected chi connectivity index (χ4v) is 2.94. The Morgan fingerprint density at radius 1 is 1.16 bits per heavy atom. The summed E-state index contributed by atoms with van der Waals surface area (Å²) in [5.74, 6) is -1.82. The van der Waals surface area contributed by atoms with Crippen molar-refractivity contribution >= 4 is 23.1 Å². The van der Waals surface area contributed by atoms with E-state index in [1.807, 2.05) is 0 Å². The first-order valence-electron chi connectivity index (χ1n) is 7.49. The number of Topliss-reactive ketones (excluding diaryl/α,β-unsaturated/α-hetero) is 1. The molecule has 0 saturated carbocycles. The van der Waals surface area contributed by atoms with E-state index in [4.69, 9.17) is 0 Å². The molecule has 2 aromatic carbocycles. The van der Waals surface area contributed by atoms with Crippen LogP contribution in [0.25, 0.3) is 0 Å². The van der Waals surface area contributed by atoms with Crippen molar-refractivity contribution in [1.82, 2.24) is 0 Å². The maximum atomic E-state index is 12.6. The Morgan fingerprint density at radius 3 is 2.44 bits per heavy atom. The van der Waals surface area contributed by atoms with Crippen molar-refractivity contribution < 1.29 is 19.6 Å². The predicted molar refractivity (Wildman–Crippen MR) is 90.1 cm³/mol. The number of non-ortho nitro benzene ring substituents is 1.